The first-order valence-corrected chi connectivity index (χ1v) is 9.67. The van der Waals surface area contributed by atoms with Crippen molar-refractivity contribution in [2.24, 2.45) is 5.73 Å². The van der Waals surface area contributed by atoms with Crippen molar-refractivity contribution in [3.63, 3.8) is 0 Å². The highest BCUT2D eigenvalue weighted by Gasteiger charge is 2.23. The van der Waals surface area contributed by atoms with E-state index < -0.39 is 0 Å². The fraction of sp³-hybridized carbons (Fsp3) is 0.333. The van der Waals surface area contributed by atoms with Crippen LogP contribution >= 0.6 is 11.6 Å². The van der Waals surface area contributed by atoms with Crippen LogP contribution in [-0.2, 0) is 0 Å². The number of nitrogens with zero attached hydrogens (tertiary/aromatic N) is 2. The number of fused-ring (bicyclic) bond motifs is 2. The molecule has 0 radical (unpaired) electrons. The molecule has 2 aromatic rings. The van der Waals surface area contributed by atoms with Gasteiger partial charge in [0.15, 0.2) is 0 Å². The molecule has 2 aliphatic heterocycles. The Kier molecular flexibility index (Phi) is 5.16. The molecule has 0 spiro atoms. The number of rotatable bonds is 4. The maximum atomic E-state index is 6.25. The number of nitrogens with two attached hydrogens (primary N) is 1. The lowest BCUT2D eigenvalue weighted by atomic mass is 10.1. The lowest BCUT2D eigenvalue weighted by molar-refractivity contribution is 0.175. The molecular weight excluding hydrogens is 344 g/mol. The molecule has 4 rings (SSSR count). The maximum absolute atomic E-state index is 6.25. The summed E-state index contributed by atoms with van der Waals surface area (Å²) in [5, 5.41) is 4.34. The molecule has 2 aliphatic rings. The van der Waals surface area contributed by atoms with Crippen molar-refractivity contribution in [1.82, 2.24) is 9.80 Å². The SMILES string of the molecule is NCCCN1CCN(C2=Cc3cc(Cl)ccc3Nc3ccccc32)CC1. The number of piperazine rings is 1. The molecule has 26 heavy (non-hydrogen) atoms. The van der Waals surface area contributed by atoms with Gasteiger partial charge in [0.25, 0.3) is 0 Å². The monoisotopic (exact) mass is 368 g/mol. The third-order valence-electron chi connectivity index (χ3n) is 5.17. The van der Waals surface area contributed by atoms with Gasteiger partial charge in [-0.05, 0) is 49.9 Å². The van der Waals surface area contributed by atoms with Crippen molar-refractivity contribution < 1.29 is 0 Å². The second-order valence-corrected chi connectivity index (χ2v) is 7.34. The summed E-state index contributed by atoms with van der Waals surface area (Å²) in [7, 11) is 0. The van der Waals surface area contributed by atoms with Gasteiger partial charge < -0.3 is 16.0 Å². The standard InChI is InChI=1S/C21H25ClN4/c22-17-6-7-19-16(14-17)15-21(18-4-1-2-5-20(18)24-19)26-12-10-25(11-13-26)9-3-8-23/h1-2,4-7,14-15,24H,3,8-13,23H2. The minimum absolute atomic E-state index is 0.763. The number of hydrogen-bond acceptors (Lipinski definition) is 4. The van der Waals surface area contributed by atoms with E-state index in [2.05, 4.69) is 51.5 Å². The Morgan fingerprint density at radius 2 is 1.81 bits per heavy atom. The second-order valence-electron chi connectivity index (χ2n) is 6.90. The van der Waals surface area contributed by atoms with Crippen molar-refractivity contribution in [2.45, 2.75) is 6.42 Å². The van der Waals surface area contributed by atoms with E-state index in [1.54, 1.807) is 0 Å². The zero-order chi connectivity index (χ0) is 17.9. The first-order chi connectivity index (χ1) is 12.7. The summed E-state index contributed by atoms with van der Waals surface area (Å²) in [6, 6.07) is 14.5. The number of hydrogen-bond donors (Lipinski definition) is 2. The zero-order valence-electron chi connectivity index (χ0n) is 14.9. The highest BCUT2D eigenvalue weighted by atomic mass is 35.5. The van der Waals surface area contributed by atoms with Crippen molar-refractivity contribution >= 4 is 34.7 Å². The van der Waals surface area contributed by atoms with Crippen LogP contribution in [0.2, 0.25) is 5.02 Å². The van der Waals surface area contributed by atoms with Gasteiger partial charge in [0.2, 0.25) is 0 Å². The van der Waals surface area contributed by atoms with Gasteiger partial charge in [-0.1, -0.05) is 29.8 Å². The van der Waals surface area contributed by atoms with Crippen LogP contribution in [0.1, 0.15) is 17.5 Å². The van der Waals surface area contributed by atoms with Gasteiger partial charge in [0.1, 0.15) is 0 Å². The maximum Gasteiger partial charge on any atom is 0.0479 e. The number of para-hydroxylation sites is 1. The highest BCUT2D eigenvalue weighted by Crippen LogP contribution is 2.37. The van der Waals surface area contributed by atoms with Crippen LogP contribution in [0.25, 0.3) is 11.8 Å². The molecule has 0 aliphatic carbocycles. The van der Waals surface area contributed by atoms with Gasteiger partial charge in [0.05, 0.1) is 0 Å². The second kappa shape index (κ2) is 7.70. The van der Waals surface area contributed by atoms with E-state index >= 15 is 0 Å². The minimum atomic E-state index is 0.763. The normalized spacial score (nSPS) is 17.0. The van der Waals surface area contributed by atoms with Crippen LogP contribution < -0.4 is 11.1 Å². The van der Waals surface area contributed by atoms with Crippen LogP contribution in [0, 0.1) is 0 Å². The molecule has 2 aromatic carbocycles. The van der Waals surface area contributed by atoms with E-state index in [1.165, 1.54) is 11.3 Å². The minimum Gasteiger partial charge on any atom is -0.368 e. The molecule has 2 heterocycles. The topological polar surface area (TPSA) is 44.5 Å². The molecule has 0 atom stereocenters. The average molecular weight is 369 g/mol. The summed E-state index contributed by atoms with van der Waals surface area (Å²) in [6.07, 6.45) is 3.34. The van der Waals surface area contributed by atoms with Gasteiger partial charge >= 0.3 is 0 Å². The molecule has 0 saturated carbocycles. The highest BCUT2D eigenvalue weighted by molar-refractivity contribution is 6.30. The van der Waals surface area contributed by atoms with Gasteiger partial charge in [-0.15, -0.1) is 0 Å². The molecular formula is C21H25ClN4. The average Bonchev–Trinajstić information content (AvgIpc) is 2.83. The number of nitrogens with one attached hydrogen (secondary N) is 1. The lowest BCUT2D eigenvalue weighted by Crippen LogP contribution is -2.45. The molecule has 3 N–H and O–H groups in total. The van der Waals surface area contributed by atoms with Crippen molar-refractivity contribution in [3.05, 3.63) is 58.6 Å². The van der Waals surface area contributed by atoms with Crippen LogP contribution in [0.15, 0.2) is 42.5 Å². The van der Waals surface area contributed by atoms with E-state index in [1.807, 2.05) is 12.1 Å². The van der Waals surface area contributed by atoms with Crippen LogP contribution in [0.4, 0.5) is 11.4 Å². The van der Waals surface area contributed by atoms with Crippen LogP contribution in [-0.4, -0.2) is 49.1 Å². The molecule has 5 heteroatoms. The predicted octanol–water partition coefficient (Wildman–Crippen LogP) is 3.86. The van der Waals surface area contributed by atoms with Crippen molar-refractivity contribution in [2.75, 3.05) is 44.6 Å². The Hall–Kier alpha value is -2.01. The number of halogens is 1. The van der Waals surface area contributed by atoms with Crippen molar-refractivity contribution in [3.8, 4) is 0 Å². The fourth-order valence-electron chi connectivity index (χ4n) is 3.74. The fourth-order valence-corrected chi connectivity index (χ4v) is 3.92. The van der Waals surface area contributed by atoms with E-state index in [0.29, 0.717) is 0 Å². The van der Waals surface area contributed by atoms with Crippen molar-refractivity contribution in [1.29, 1.82) is 0 Å². The van der Waals surface area contributed by atoms with Crippen LogP contribution in [0.3, 0.4) is 0 Å². The van der Waals surface area contributed by atoms with Gasteiger partial charge in [0, 0.05) is 59.4 Å². The summed E-state index contributed by atoms with van der Waals surface area (Å²) in [4.78, 5) is 5.01. The van der Waals surface area contributed by atoms with E-state index in [9.17, 15) is 0 Å². The zero-order valence-corrected chi connectivity index (χ0v) is 15.7. The van der Waals surface area contributed by atoms with E-state index in [4.69, 9.17) is 17.3 Å². The molecule has 0 unspecified atom stereocenters. The predicted molar refractivity (Wildman–Crippen MR) is 111 cm³/mol. The number of anilines is 2. The van der Waals surface area contributed by atoms with Crippen LogP contribution in [0.5, 0.6) is 0 Å². The molecule has 1 fully saturated rings. The molecule has 0 amide bonds. The Balaban J connectivity index is 1.65. The van der Waals surface area contributed by atoms with E-state index in [-0.39, 0.29) is 0 Å². The summed E-state index contributed by atoms with van der Waals surface area (Å²) in [5.74, 6) is 0. The van der Waals surface area contributed by atoms with Gasteiger partial charge in [-0.3, -0.25) is 4.90 Å². The first-order valence-electron chi connectivity index (χ1n) is 9.29. The Morgan fingerprint density at radius 3 is 2.62 bits per heavy atom. The summed E-state index contributed by atoms with van der Waals surface area (Å²) < 4.78 is 0. The van der Waals surface area contributed by atoms with Gasteiger partial charge in [-0.25, -0.2) is 0 Å². The molecule has 0 aromatic heterocycles. The van der Waals surface area contributed by atoms with Gasteiger partial charge in [-0.2, -0.15) is 0 Å². The third-order valence-corrected chi connectivity index (χ3v) is 5.40. The summed E-state index contributed by atoms with van der Waals surface area (Å²) in [5.41, 5.74) is 11.5. The Bertz CT molecular complexity index is 809. The molecule has 4 nitrogen and oxygen atoms in total. The smallest absolute Gasteiger partial charge is 0.0479 e. The summed E-state index contributed by atoms with van der Waals surface area (Å²) in [6.45, 7) is 6.08. The molecule has 136 valence electrons. The largest absolute Gasteiger partial charge is 0.368 e. The molecule has 1 saturated heterocycles. The lowest BCUT2D eigenvalue weighted by Gasteiger charge is -2.37. The molecule has 0 bridgehead atoms. The Labute approximate surface area is 160 Å². The third kappa shape index (κ3) is 3.58. The quantitative estimate of drug-likeness (QED) is 0.860. The number of benzene rings is 2. The summed E-state index contributed by atoms with van der Waals surface area (Å²) >= 11 is 6.25. The Morgan fingerprint density at radius 1 is 1.00 bits per heavy atom. The van der Waals surface area contributed by atoms with E-state index in [0.717, 1.165) is 67.7 Å². The first kappa shape index (κ1) is 17.4.